The molecule has 8 heteroatoms. The number of hydrogen-bond acceptors (Lipinski definition) is 6. The number of ether oxygens (including phenoxy) is 1. The van der Waals surface area contributed by atoms with E-state index in [-0.39, 0.29) is 10.9 Å². The molecular weight excluding hydrogens is 356 g/mol. The van der Waals surface area contributed by atoms with Crippen molar-refractivity contribution in [2.75, 3.05) is 11.8 Å². The van der Waals surface area contributed by atoms with Crippen LogP contribution in [-0.2, 0) is 14.8 Å². The van der Waals surface area contributed by atoms with Crippen LogP contribution in [0.3, 0.4) is 0 Å². The molecule has 1 aromatic carbocycles. The Hall–Kier alpha value is -3.13. The maximum Gasteiger partial charge on any atom is 0.374 e. The number of carbonyl (C=O) groups excluding carboxylic acids is 1. The number of carbonyl (C=O) groups is 1. The van der Waals surface area contributed by atoms with Gasteiger partial charge >= 0.3 is 5.97 Å². The molecule has 2 heterocycles. The topological polar surface area (TPSA) is 98.5 Å². The maximum atomic E-state index is 12.4. The first kappa shape index (κ1) is 17.7. The number of pyridine rings is 1. The molecule has 26 heavy (non-hydrogen) atoms. The van der Waals surface area contributed by atoms with E-state index in [1.165, 1.54) is 19.2 Å². The highest BCUT2D eigenvalue weighted by Gasteiger charge is 2.21. The van der Waals surface area contributed by atoms with Crippen LogP contribution in [0.4, 0.5) is 5.69 Å². The van der Waals surface area contributed by atoms with Crippen molar-refractivity contribution in [3.8, 4) is 11.1 Å². The van der Waals surface area contributed by atoms with Gasteiger partial charge in [-0.1, -0.05) is 12.1 Å². The van der Waals surface area contributed by atoms with Gasteiger partial charge in [0.1, 0.15) is 0 Å². The summed E-state index contributed by atoms with van der Waals surface area (Å²) in [7, 11) is -2.77. The Morgan fingerprint density at radius 3 is 2.50 bits per heavy atom. The minimum Gasteiger partial charge on any atom is -0.463 e. The van der Waals surface area contributed by atoms with Crippen LogP contribution in [0.2, 0.25) is 0 Å². The molecule has 1 N–H and O–H groups in total. The number of rotatable bonds is 5. The molecule has 0 saturated heterocycles. The Balaban J connectivity index is 1.81. The average molecular weight is 372 g/mol. The van der Waals surface area contributed by atoms with E-state index in [1.807, 2.05) is 13.0 Å². The average Bonchev–Trinajstić information content (AvgIpc) is 3.13. The highest BCUT2D eigenvalue weighted by Crippen LogP contribution is 2.25. The third-order valence-electron chi connectivity index (χ3n) is 3.72. The first-order chi connectivity index (χ1) is 12.4. The van der Waals surface area contributed by atoms with Crippen LogP contribution in [0.25, 0.3) is 11.1 Å². The number of esters is 1. The van der Waals surface area contributed by atoms with E-state index in [2.05, 4.69) is 14.4 Å². The summed E-state index contributed by atoms with van der Waals surface area (Å²) < 4.78 is 36.7. The molecule has 0 aliphatic carbocycles. The number of hydrogen-bond donors (Lipinski definition) is 1. The summed E-state index contributed by atoms with van der Waals surface area (Å²) in [6.07, 6.45) is 3.47. The molecule has 0 aliphatic heterocycles. The van der Waals surface area contributed by atoms with E-state index >= 15 is 0 Å². The van der Waals surface area contributed by atoms with Crippen molar-refractivity contribution in [3.63, 3.8) is 0 Å². The van der Waals surface area contributed by atoms with Crippen molar-refractivity contribution in [2.45, 2.75) is 12.0 Å². The summed E-state index contributed by atoms with van der Waals surface area (Å²) in [5.74, 6) is -0.932. The Kier molecular flexibility index (Phi) is 4.77. The quantitative estimate of drug-likeness (QED) is 0.691. The van der Waals surface area contributed by atoms with Crippen molar-refractivity contribution in [3.05, 3.63) is 66.2 Å². The molecule has 0 radical (unpaired) electrons. The first-order valence-electron chi connectivity index (χ1n) is 7.63. The van der Waals surface area contributed by atoms with Gasteiger partial charge in [0, 0.05) is 23.6 Å². The second kappa shape index (κ2) is 7.01. The number of benzene rings is 1. The highest BCUT2D eigenvalue weighted by atomic mass is 32.2. The van der Waals surface area contributed by atoms with E-state index in [9.17, 15) is 13.2 Å². The Morgan fingerprint density at radius 2 is 1.85 bits per heavy atom. The zero-order valence-corrected chi connectivity index (χ0v) is 14.9. The summed E-state index contributed by atoms with van der Waals surface area (Å²) >= 11 is 0. The minimum absolute atomic E-state index is 0.185. The lowest BCUT2D eigenvalue weighted by molar-refractivity contribution is 0.0559. The fourth-order valence-corrected chi connectivity index (χ4v) is 3.36. The van der Waals surface area contributed by atoms with E-state index in [0.717, 1.165) is 16.7 Å². The molecular formula is C18H16N2O5S. The SMILES string of the molecule is COC(=O)c1ccc(S(=O)(=O)Nc2ccc(-c3cnccc3C)cc2)o1. The minimum atomic E-state index is -3.96. The summed E-state index contributed by atoms with van der Waals surface area (Å²) in [6, 6.07) is 11.2. The number of methoxy groups -OCH3 is 1. The lowest BCUT2D eigenvalue weighted by Crippen LogP contribution is -2.12. The molecule has 0 fully saturated rings. The van der Waals surface area contributed by atoms with Gasteiger partial charge in [-0.3, -0.25) is 9.71 Å². The molecule has 2 aromatic heterocycles. The van der Waals surface area contributed by atoms with Crippen LogP contribution < -0.4 is 4.72 Å². The highest BCUT2D eigenvalue weighted by molar-refractivity contribution is 7.92. The van der Waals surface area contributed by atoms with Gasteiger partial charge < -0.3 is 9.15 Å². The summed E-state index contributed by atoms with van der Waals surface area (Å²) in [5, 5.41) is -0.370. The molecule has 7 nitrogen and oxygen atoms in total. The van der Waals surface area contributed by atoms with Crippen molar-refractivity contribution < 1.29 is 22.4 Å². The van der Waals surface area contributed by atoms with Gasteiger partial charge in [-0.05, 0) is 48.4 Å². The van der Waals surface area contributed by atoms with E-state index < -0.39 is 16.0 Å². The van der Waals surface area contributed by atoms with Crippen LogP contribution in [0.1, 0.15) is 16.1 Å². The van der Waals surface area contributed by atoms with Gasteiger partial charge in [-0.2, -0.15) is 8.42 Å². The summed E-state index contributed by atoms with van der Waals surface area (Å²) in [4.78, 5) is 15.5. The molecule has 3 aromatic rings. The third-order valence-corrected chi connectivity index (χ3v) is 4.97. The molecule has 3 rings (SSSR count). The lowest BCUT2D eigenvalue weighted by Gasteiger charge is -2.08. The number of furan rings is 1. The fraction of sp³-hybridized carbons (Fsp3) is 0.111. The number of sulfonamides is 1. The van der Waals surface area contributed by atoms with E-state index in [1.54, 1.807) is 36.7 Å². The lowest BCUT2D eigenvalue weighted by atomic mass is 10.0. The molecule has 0 bridgehead atoms. The smallest absolute Gasteiger partial charge is 0.374 e. The second-order valence-electron chi connectivity index (χ2n) is 5.48. The molecule has 0 atom stereocenters. The number of anilines is 1. The molecule has 0 saturated carbocycles. The molecule has 0 unspecified atom stereocenters. The van der Waals surface area contributed by atoms with Gasteiger partial charge in [-0.15, -0.1) is 0 Å². The van der Waals surface area contributed by atoms with Crippen molar-refractivity contribution in [2.24, 2.45) is 0 Å². The predicted octanol–water partition coefficient (Wildman–Crippen LogP) is 3.24. The zero-order chi connectivity index (χ0) is 18.7. The van der Waals surface area contributed by atoms with Crippen LogP contribution in [0.15, 0.2) is 64.4 Å². The third kappa shape index (κ3) is 3.60. The van der Waals surface area contributed by atoms with Crippen LogP contribution in [-0.4, -0.2) is 26.5 Å². The Bertz CT molecular complexity index is 1040. The molecule has 0 amide bonds. The molecule has 0 spiro atoms. The van der Waals surface area contributed by atoms with Crippen LogP contribution in [0.5, 0.6) is 0 Å². The number of aromatic nitrogens is 1. The second-order valence-corrected chi connectivity index (χ2v) is 7.10. The Morgan fingerprint density at radius 1 is 1.12 bits per heavy atom. The monoisotopic (exact) mass is 372 g/mol. The van der Waals surface area contributed by atoms with Crippen molar-refractivity contribution >= 4 is 21.7 Å². The van der Waals surface area contributed by atoms with Gasteiger partial charge in [0.25, 0.3) is 10.0 Å². The van der Waals surface area contributed by atoms with Crippen LogP contribution >= 0.6 is 0 Å². The van der Waals surface area contributed by atoms with Gasteiger partial charge in [0.05, 0.1) is 7.11 Å². The molecule has 0 aliphatic rings. The largest absolute Gasteiger partial charge is 0.463 e. The maximum absolute atomic E-state index is 12.4. The predicted molar refractivity (Wildman–Crippen MR) is 95.3 cm³/mol. The standard InChI is InChI=1S/C18H16N2O5S/c1-12-9-10-19-11-15(12)13-3-5-14(6-4-13)20-26(22,23)17-8-7-16(25-17)18(21)24-2/h3-11,20H,1-2H3. The fourth-order valence-electron chi connectivity index (χ4n) is 2.36. The number of aryl methyl sites for hydroxylation is 1. The summed E-state index contributed by atoms with van der Waals surface area (Å²) in [5.41, 5.74) is 3.32. The van der Waals surface area contributed by atoms with Crippen molar-refractivity contribution in [1.29, 1.82) is 0 Å². The van der Waals surface area contributed by atoms with Crippen molar-refractivity contribution in [1.82, 2.24) is 4.98 Å². The Labute approximate surface area is 150 Å². The number of nitrogens with zero attached hydrogens (tertiary/aromatic N) is 1. The normalized spacial score (nSPS) is 11.2. The van der Waals surface area contributed by atoms with Gasteiger partial charge in [0.15, 0.2) is 0 Å². The summed E-state index contributed by atoms with van der Waals surface area (Å²) in [6.45, 7) is 1.98. The van der Waals surface area contributed by atoms with E-state index in [4.69, 9.17) is 4.42 Å². The molecule has 134 valence electrons. The zero-order valence-electron chi connectivity index (χ0n) is 14.1. The first-order valence-corrected chi connectivity index (χ1v) is 9.11. The van der Waals surface area contributed by atoms with Gasteiger partial charge in [0.2, 0.25) is 10.9 Å². The van der Waals surface area contributed by atoms with Gasteiger partial charge in [-0.25, -0.2) is 4.79 Å². The van der Waals surface area contributed by atoms with Crippen LogP contribution in [0, 0.1) is 6.92 Å². The van der Waals surface area contributed by atoms with E-state index in [0.29, 0.717) is 5.69 Å². The number of nitrogens with one attached hydrogen (secondary N) is 1.